The van der Waals surface area contributed by atoms with E-state index in [2.05, 4.69) is 0 Å². The molecule has 2 heterocycles. The van der Waals surface area contributed by atoms with Crippen LogP contribution in [0.5, 0.6) is 0 Å². The number of aliphatic hydroxyl groups is 8. The summed E-state index contributed by atoms with van der Waals surface area (Å²) in [5.41, 5.74) is 17.4. The van der Waals surface area contributed by atoms with Crippen LogP contribution < -0.4 is 17.2 Å². The normalized spacial score (nSPS) is 42.0. The zero-order valence-corrected chi connectivity index (χ0v) is 20.0. The molecule has 2 fully saturated rings. The number of rotatable bonds is 12. The van der Waals surface area contributed by atoms with Crippen molar-refractivity contribution < 1.29 is 69.4 Å². The Hall–Kier alpha value is -1.26. The fraction of sp³-hybridized carbons (Fsp3) is 0.900. The lowest BCUT2D eigenvalue weighted by atomic mass is 9.87. The van der Waals surface area contributed by atoms with E-state index in [4.69, 9.17) is 36.1 Å². The van der Waals surface area contributed by atoms with Crippen LogP contribution in [0.4, 0.5) is 0 Å². The average molecular weight is 544 g/mol. The molecule has 0 unspecified atom stereocenters. The van der Waals surface area contributed by atoms with Gasteiger partial charge < -0.3 is 81.8 Å². The third kappa shape index (κ3) is 6.32. The minimum Gasteiger partial charge on any atom is -0.394 e. The predicted molar refractivity (Wildman–Crippen MR) is 118 cm³/mol. The Morgan fingerprint density at radius 2 is 1.65 bits per heavy atom. The smallest absolute Gasteiger partial charge is 0.247 e. The van der Waals surface area contributed by atoms with Crippen LogP contribution in [0.1, 0.15) is 6.92 Å². The number of Topliss-reactive ketones (excluding diaryl/α,β-unsaturated/α-hetero) is 1. The summed E-state index contributed by atoms with van der Waals surface area (Å²) in [4.78, 5) is 23.8. The van der Waals surface area contributed by atoms with Crippen molar-refractivity contribution in [2.45, 2.75) is 92.1 Å². The Morgan fingerprint density at radius 3 is 2.14 bits per heavy atom. The molecule has 0 spiro atoms. The Bertz CT molecular complexity index is 762. The van der Waals surface area contributed by atoms with Crippen molar-refractivity contribution in [2.75, 3.05) is 19.8 Å². The monoisotopic (exact) mass is 543 g/mol. The van der Waals surface area contributed by atoms with E-state index >= 15 is 0 Å². The molecule has 2 aliphatic rings. The SMILES string of the molecule is CC(=O)[C@]1(O[C@@H]([C@H](O)[C@@H](N)C=O)[C@H](O)CO)O[C@H](CO)[C@@H](O[C@@H]2O[C@H](CO)[C@@H](O)[C@H](O)[C@H]2N)[C@H](O)[C@H]1N. The molecule has 17 heteroatoms. The van der Waals surface area contributed by atoms with Crippen molar-refractivity contribution in [3.8, 4) is 0 Å². The van der Waals surface area contributed by atoms with Crippen LogP contribution in [0.15, 0.2) is 0 Å². The van der Waals surface area contributed by atoms with Crippen LogP contribution >= 0.6 is 0 Å². The highest BCUT2D eigenvalue weighted by molar-refractivity contribution is 5.84. The molecule has 2 aliphatic heterocycles. The van der Waals surface area contributed by atoms with Gasteiger partial charge in [-0.1, -0.05) is 0 Å². The van der Waals surface area contributed by atoms with Gasteiger partial charge in [0.1, 0.15) is 61.2 Å². The first-order valence-electron chi connectivity index (χ1n) is 11.4. The van der Waals surface area contributed by atoms with E-state index in [1.807, 2.05) is 0 Å². The Morgan fingerprint density at radius 1 is 1.05 bits per heavy atom. The van der Waals surface area contributed by atoms with Gasteiger partial charge in [-0.25, -0.2) is 0 Å². The lowest BCUT2D eigenvalue weighted by molar-refractivity contribution is -0.363. The maximum Gasteiger partial charge on any atom is 0.247 e. The van der Waals surface area contributed by atoms with Gasteiger partial charge >= 0.3 is 0 Å². The molecule has 17 nitrogen and oxygen atoms in total. The molecule has 0 aromatic carbocycles. The molecule has 0 amide bonds. The molecule has 0 saturated carbocycles. The second-order valence-electron chi connectivity index (χ2n) is 9.00. The number of hydrogen-bond acceptors (Lipinski definition) is 17. The number of nitrogens with two attached hydrogens (primary N) is 3. The molecule has 14 atom stereocenters. The Kier molecular flexibility index (Phi) is 11.4. The zero-order valence-electron chi connectivity index (χ0n) is 20.0. The van der Waals surface area contributed by atoms with Crippen LogP contribution in [0, 0.1) is 0 Å². The highest BCUT2D eigenvalue weighted by Gasteiger charge is 2.60. The molecule has 14 N–H and O–H groups in total. The lowest BCUT2D eigenvalue weighted by Crippen LogP contribution is -2.74. The van der Waals surface area contributed by atoms with Crippen LogP contribution in [-0.2, 0) is 28.5 Å². The summed E-state index contributed by atoms with van der Waals surface area (Å²) in [5.74, 6) is -3.65. The zero-order chi connectivity index (χ0) is 28.2. The first-order valence-corrected chi connectivity index (χ1v) is 11.4. The highest BCUT2D eigenvalue weighted by Crippen LogP contribution is 2.36. The third-order valence-electron chi connectivity index (χ3n) is 6.49. The van der Waals surface area contributed by atoms with E-state index in [0.717, 1.165) is 6.92 Å². The van der Waals surface area contributed by atoms with Gasteiger partial charge in [-0.2, -0.15) is 0 Å². The Labute approximate surface area is 211 Å². The molecule has 2 saturated heterocycles. The molecular formula is C20H37N3O14. The molecule has 0 aliphatic carbocycles. The fourth-order valence-electron chi connectivity index (χ4n) is 4.20. The Balaban J connectivity index is 2.38. The summed E-state index contributed by atoms with van der Waals surface area (Å²) in [5, 5.41) is 80.4. The van der Waals surface area contributed by atoms with Gasteiger partial charge in [-0.05, 0) is 0 Å². The second kappa shape index (κ2) is 13.2. The van der Waals surface area contributed by atoms with E-state index < -0.39 is 111 Å². The van der Waals surface area contributed by atoms with Gasteiger partial charge in [0.05, 0.1) is 37.9 Å². The van der Waals surface area contributed by atoms with Crippen LogP contribution in [0.3, 0.4) is 0 Å². The van der Waals surface area contributed by atoms with E-state index in [1.54, 1.807) is 0 Å². The van der Waals surface area contributed by atoms with E-state index in [1.165, 1.54) is 0 Å². The number of hydrogen-bond donors (Lipinski definition) is 11. The molecule has 37 heavy (non-hydrogen) atoms. The lowest BCUT2D eigenvalue weighted by Gasteiger charge is -2.51. The maximum atomic E-state index is 12.7. The van der Waals surface area contributed by atoms with E-state index in [0.29, 0.717) is 0 Å². The van der Waals surface area contributed by atoms with Gasteiger partial charge in [-0.3, -0.25) is 4.79 Å². The summed E-state index contributed by atoms with van der Waals surface area (Å²) < 4.78 is 22.1. The van der Waals surface area contributed by atoms with Gasteiger partial charge in [0.15, 0.2) is 12.1 Å². The summed E-state index contributed by atoms with van der Waals surface area (Å²) in [7, 11) is 0. The number of ether oxygens (including phenoxy) is 4. The topological polar surface area (TPSA) is 311 Å². The van der Waals surface area contributed by atoms with Crippen molar-refractivity contribution in [3.63, 3.8) is 0 Å². The van der Waals surface area contributed by atoms with E-state index in [9.17, 15) is 50.4 Å². The van der Waals surface area contributed by atoms with Crippen molar-refractivity contribution >= 4 is 12.1 Å². The average Bonchev–Trinajstić information content (AvgIpc) is 2.89. The van der Waals surface area contributed by atoms with Crippen LogP contribution in [0.2, 0.25) is 0 Å². The maximum absolute atomic E-state index is 12.7. The quantitative estimate of drug-likeness (QED) is 0.102. The summed E-state index contributed by atoms with van der Waals surface area (Å²) >= 11 is 0. The first kappa shape index (κ1) is 32.0. The van der Waals surface area contributed by atoms with Gasteiger partial charge in [-0.15, -0.1) is 0 Å². The molecular weight excluding hydrogens is 506 g/mol. The molecule has 0 aromatic heterocycles. The second-order valence-corrected chi connectivity index (χ2v) is 9.00. The minimum absolute atomic E-state index is 0.126. The highest BCUT2D eigenvalue weighted by atomic mass is 16.7. The fourth-order valence-corrected chi connectivity index (χ4v) is 4.20. The standard InChI is InChI=1S/C20H37N3O14/c1-6(28)20(37-16(8(29)3-25)12(30)7(21)2-24)18(23)15(33)17(10(5-27)36-20)35-19-11(22)14(32)13(31)9(4-26)34-19/h2,7-19,25-27,29-33H,3-5,21-23H2,1H3/t7-,8+,9+,10+,11+,12+,13+,14+,15-,16+,17+,18+,19-,20+/m0/s1. The molecule has 0 bridgehead atoms. The van der Waals surface area contributed by atoms with Gasteiger partial charge in [0.25, 0.3) is 0 Å². The summed E-state index contributed by atoms with van der Waals surface area (Å²) in [6.07, 6.45) is -16.8. The number of aldehydes is 1. The van der Waals surface area contributed by atoms with Crippen molar-refractivity contribution in [1.29, 1.82) is 0 Å². The van der Waals surface area contributed by atoms with Crippen molar-refractivity contribution in [3.05, 3.63) is 0 Å². The van der Waals surface area contributed by atoms with Crippen LogP contribution in [0.25, 0.3) is 0 Å². The van der Waals surface area contributed by atoms with Gasteiger partial charge in [0, 0.05) is 6.92 Å². The number of carbonyl (C=O) groups excluding carboxylic acids is 2. The predicted octanol–water partition coefficient (Wildman–Crippen LogP) is -7.87. The molecule has 0 aromatic rings. The molecule has 2 rings (SSSR count). The summed E-state index contributed by atoms with van der Waals surface area (Å²) in [6, 6.07) is -4.86. The third-order valence-corrected chi connectivity index (χ3v) is 6.49. The largest absolute Gasteiger partial charge is 0.394 e. The summed E-state index contributed by atoms with van der Waals surface area (Å²) in [6.45, 7) is -1.72. The number of carbonyl (C=O) groups is 2. The van der Waals surface area contributed by atoms with E-state index in [-0.39, 0.29) is 6.29 Å². The first-order chi connectivity index (χ1) is 17.3. The van der Waals surface area contributed by atoms with Gasteiger partial charge in [0.2, 0.25) is 5.79 Å². The van der Waals surface area contributed by atoms with Crippen LogP contribution in [-0.4, -0.2) is 158 Å². The van der Waals surface area contributed by atoms with Crippen molar-refractivity contribution in [2.24, 2.45) is 17.2 Å². The minimum atomic E-state index is -2.66. The number of aliphatic hydroxyl groups excluding tert-OH is 8. The van der Waals surface area contributed by atoms with Crippen molar-refractivity contribution in [1.82, 2.24) is 0 Å². The number of ketones is 1. The molecule has 216 valence electrons. The molecule has 0 radical (unpaired) electrons.